The van der Waals surface area contributed by atoms with Crippen molar-refractivity contribution in [2.24, 2.45) is 0 Å². The van der Waals surface area contributed by atoms with Crippen LogP contribution in [0.15, 0.2) is 42.5 Å². The number of fused-ring (bicyclic) bond motifs is 1. The van der Waals surface area contributed by atoms with Crippen LogP contribution in [0.1, 0.15) is 29.8 Å². The Morgan fingerprint density at radius 2 is 1.93 bits per heavy atom. The summed E-state index contributed by atoms with van der Waals surface area (Å²) in [5, 5.41) is 7.11. The third-order valence-electron chi connectivity index (χ3n) is 4.94. The number of urea groups is 1. The quantitative estimate of drug-likeness (QED) is 0.577. The second-order valence-corrected chi connectivity index (χ2v) is 6.75. The third-order valence-corrected chi connectivity index (χ3v) is 4.94. The number of nitrogens with one attached hydrogen (secondary N) is 3. The van der Waals surface area contributed by atoms with Crippen LogP contribution in [0, 0.1) is 6.92 Å². The van der Waals surface area contributed by atoms with Crippen LogP contribution in [0.3, 0.4) is 0 Å². The van der Waals surface area contributed by atoms with Gasteiger partial charge < -0.3 is 25.1 Å². The number of methoxy groups -OCH3 is 2. The summed E-state index contributed by atoms with van der Waals surface area (Å²) in [5.74, 6) is 1.40. The molecule has 1 unspecified atom stereocenters. The molecule has 6 heteroatoms. The van der Waals surface area contributed by atoms with Crippen LogP contribution >= 0.6 is 0 Å². The van der Waals surface area contributed by atoms with Gasteiger partial charge in [-0.05, 0) is 44.0 Å². The number of aromatic nitrogens is 1. The molecular weight excluding hydrogens is 354 g/mol. The van der Waals surface area contributed by atoms with Crippen molar-refractivity contribution in [3.05, 3.63) is 59.3 Å². The smallest absolute Gasteiger partial charge is 0.315 e. The molecule has 0 saturated heterocycles. The Labute approximate surface area is 165 Å². The predicted molar refractivity (Wildman–Crippen MR) is 111 cm³/mol. The maximum atomic E-state index is 12.3. The van der Waals surface area contributed by atoms with Crippen LogP contribution in [0.4, 0.5) is 4.79 Å². The first kappa shape index (κ1) is 19.6. The fourth-order valence-electron chi connectivity index (χ4n) is 3.46. The molecule has 0 saturated carbocycles. The van der Waals surface area contributed by atoms with Crippen LogP contribution in [-0.4, -0.2) is 31.8 Å². The summed E-state index contributed by atoms with van der Waals surface area (Å²) in [7, 11) is 3.22. The van der Waals surface area contributed by atoms with Gasteiger partial charge in [0.25, 0.3) is 0 Å². The van der Waals surface area contributed by atoms with Gasteiger partial charge >= 0.3 is 6.03 Å². The minimum atomic E-state index is -0.206. The fourth-order valence-corrected chi connectivity index (χ4v) is 3.46. The molecule has 0 aliphatic rings. The van der Waals surface area contributed by atoms with Crippen LogP contribution in [0.5, 0.6) is 11.5 Å². The lowest BCUT2D eigenvalue weighted by Crippen LogP contribution is -2.38. The van der Waals surface area contributed by atoms with Crippen molar-refractivity contribution in [2.45, 2.75) is 26.3 Å². The number of carbonyl (C=O) groups is 1. The molecule has 3 aromatic rings. The van der Waals surface area contributed by atoms with Gasteiger partial charge in [0.2, 0.25) is 0 Å². The van der Waals surface area contributed by atoms with Crippen LogP contribution in [0.2, 0.25) is 0 Å². The maximum Gasteiger partial charge on any atom is 0.315 e. The van der Waals surface area contributed by atoms with Gasteiger partial charge in [0.05, 0.1) is 20.3 Å². The van der Waals surface area contributed by atoms with Gasteiger partial charge in [-0.25, -0.2) is 4.79 Å². The molecule has 2 amide bonds. The SMILES string of the molecule is COc1ccc(C(C)NC(=O)NCCc2c(C)[nH]c3ccccc23)c(OC)c1. The summed E-state index contributed by atoms with van der Waals surface area (Å²) in [6.07, 6.45) is 0.767. The average Bonchev–Trinajstić information content (AvgIpc) is 3.02. The van der Waals surface area contributed by atoms with E-state index in [9.17, 15) is 4.79 Å². The van der Waals surface area contributed by atoms with Gasteiger partial charge in [0.15, 0.2) is 0 Å². The van der Waals surface area contributed by atoms with Crippen molar-refractivity contribution in [1.82, 2.24) is 15.6 Å². The molecule has 1 heterocycles. The summed E-state index contributed by atoms with van der Waals surface area (Å²) in [4.78, 5) is 15.7. The van der Waals surface area contributed by atoms with E-state index >= 15 is 0 Å². The van der Waals surface area contributed by atoms with Gasteiger partial charge in [0.1, 0.15) is 11.5 Å². The summed E-state index contributed by atoms with van der Waals surface area (Å²) in [5.41, 5.74) is 4.39. The molecule has 0 bridgehead atoms. The van der Waals surface area contributed by atoms with Gasteiger partial charge in [-0.1, -0.05) is 18.2 Å². The Morgan fingerprint density at radius 1 is 1.14 bits per heavy atom. The van der Waals surface area contributed by atoms with Crippen LogP contribution < -0.4 is 20.1 Å². The van der Waals surface area contributed by atoms with Crippen molar-refractivity contribution in [1.29, 1.82) is 0 Å². The molecule has 3 N–H and O–H groups in total. The number of hydrogen-bond acceptors (Lipinski definition) is 3. The molecule has 0 radical (unpaired) electrons. The minimum Gasteiger partial charge on any atom is -0.497 e. The average molecular weight is 381 g/mol. The largest absolute Gasteiger partial charge is 0.497 e. The Morgan fingerprint density at radius 3 is 2.68 bits per heavy atom. The van der Waals surface area contributed by atoms with Crippen molar-refractivity contribution >= 4 is 16.9 Å². The lowest BCUT2D eigenvalue weighted by molar-refractivity contribution is 0.238. The Bertz CT molecular complexity index is 965. The van der Waals surface area contributed by atoms with Crippen molar-refractivity contribution in [3.8, 4) is 11.5 Å². The topological polar surface area (TPSA) is 75.4 Å². The summed E-state index contributed by atoms with van der Waals surface area (Å²) in [6.45, 7) is 4.54. The molecule has 6 nitrogen and oxygen atoms in total. The zero-order valence-electron chi connectivity index (χ0n) is 16.8. The summed E-state index contributed by atoms with van der Waals surface area (Å²) < 4.78 is 10.6. The van der Waals surface area contributed by atoms with E-state index < -0.39 is 0 Å². The van der Waals surface area contributed by atoms with E-state index in [1.165, 1.54) is 10.9 Å². The van der Waals surface area contributed by atoms with Gasteiger partial charge in [-0.2, -0.15) is 0 Å². The van der Waals surface area contributed by atoms with Gasteiger partial charge in [0, 0.05) is 34.8 Å². The summed E-state index contributed by atoms with van der Waals surface area (Å²) in [6, 6.07) is 13.4. The van der Waals surface area contributed by atoms with E-state index in [0.717, 1.165) is 23.2 Å². The number of hydrogen-bond donors (Lipinski definition) is 3. The number of rotatable bonds is 7. The predicted octanol–water partition coefficient (Wildman–Crippen LogP) is 4.10. The Kier molecular flexibility index (Phi) is 6.09. The minimum absolute atomic E-state index is 0.198. The third kappa shape index (κ3) is 4.22. The van der Waals surface area contributed by atoms with E-state index in [1.807, 2.05) is 37.3 Å². The standard InChI is InChI=1S/C22H27N3O3/c1-14-17(19-7-5-6-8-20(19)24-14)11-12-23-22(26)25-15(2)18-10-9-16(27-3)13-21(18)28-4/h5-10,13,15,24H,11-12H2,1-4H3,(H2,23,25,26). The first-order chi connectivity index (χ1) is 13.5. The molecule has 28 heavy (non-hydrogen) atoms. The first-order valence-corrected chi connectivity index (χ1v) is 9.36. The lowest BCUT2D eigenvalue weighted by Gasteiger charge is -2.18. The monoisotopic (exact) mass is 381 g/mol. The van der Waals surface area contributed by atoms with Crippen molar-refractivity contribution < 1.29 is 14.3 Å². The Balaban J connectivity index is 1.58. The van der Waals surface area contributed by atoms with E-state index in [0.29, 0.717) is 18.0 Å². The van der Waals surface area contributed by atoms with Gasteiger partial charge in [-0.3, -0.25) is 0 Å². The first-order valence-electron chi connectivity index (χ1n) is 9.36. The van der Waals surface area contributed by atoms with E-state index in [4.69, 9.17) is 9.47 Å². The van der Waals surface area contributed by atoms with Crippen molar-refractivity contribution in [3.63, 3.8) is 0 Å². The number of ether oxygens (including phenoxy) is 2. The molecule has 3 rings (SSSR count). The normalized spacial score (nSPS) is 11.9. The highest BCUT2D eigenvalue weighted by Crippen LogP contribution is 2.29. The number of carbonyl (C=O) groups excluding carboxylic acids is 1. The molecular formula is C22H27N3O3. The summed E-state index contributed by atoms with van der Waals surface area (Å²) >= 11 is 0. The molecule has 1 atom stereocenters. The molecule has 0 spiro atoms. The number of para-hydroxylation sites is 1. The number of aromatic amines is 1. The zero-order valence-corrected chi connectivity index (χ0v) is 16.8. The van der Waals surface area contributed by atoms with Crippen LogP contribution in [0.25, 0.3) is 10.9 Å². The van der Waals surface area contributed by atoms with Crippen molar-refractivity contribution in [2.75, 3.05) is 20.8 Å². The Hall–Kier alpha value is -3.15. The maximum absolute atomic E-state index is 12.3. The number of H-pyrrole nitrogens is 1. The zero-order chi connectivity index (χ0) is 20.1. The highest BCUT2D eigenvalue weighted by atomic mass is 16.5. The molecule has 1 aromatic heterocycles. The van der Waals surface area contributed by atoms with Gasteiger partial charge in [-0.15, -0.1) is 0 Å². The van der Waals surface area contributed by atoms with Crippen LogP contribution in [-0.2, 0) is 6.42 Å². The highest BCUT2D eigenvalue weighted by molar-refractivity contribution is 5.84. The van der Waals surface area contributed by atoms with E-state index in [-0.39, 0.29) is 12.1 Å². The molecule has 0 fully saturated rings. The highest BCUT2D eigenvalue weighted by Gasteiger charge is 2.15. The molecule has 2 aromatic carbocycles. The number of amides is 2. The molecule has 0 aliphatic carbocycles. The fraction of sp³-hybridized carbons (Fsp3) is 0.318. The van der Waals surface area contributed by atoms with E-state index in [1.54, 1.807) is 14.2 Å². The van der Waals surface area contributed by atoms with E-state index in [2.05, 4.69) is 34.7 Å². The number of aryl methyl sites for hydroxylation is 1. The second-order valence-electron chi connectivity index (χ2n) is 6.75. The lowest BCUT2D eigenvalue weighted by atomic mass is 10.1. The molecule has 0 aliphatic heterocycles. The second kappa shape index (κ2) is 8.69. The number of benzene rings is 2. The molecule has 148 valence electrons.